The van der Waals surface area contributed by atoms with Gasteiger partial charge in [-0.15, -0.1) is 0 Å². The molecule has 1 atom stereocenters. The number of carbonyl (C=O) groups is 1. The van der Waals surface area contributed by atoms with Crippen LogP contribution in [0.1, 0.15) is 40.0 Å². The zero-order valence-electron chi connectivity index (χ0n) is 9.02. The molecular weight excluding hydrogens is 196 g/mol. The fraction of sp³-hybridized carbons (Fsp3) is 0.800. The molecule has 0 radical (unpaired) electrons. The van der Waals surface area contributed by atoms with Gasteiger partial charge in [0.15, 0.2) is 0 Å². The Morgan fingerprint density at radius 3 is 2.43 bits per heavy atom. The number of nitrogens with one attached hydrogen (secondary N) is 1. The van der Waals surface area contributed by atoms with E-state index in [0.717, 1.165) is 12.8 Å². The SMILES string of the molecule is CCC(C)(C(=O)NC1(C)CC1)C(N)=S. The van der Waals surface area contributed by atoms with Gasteiger partial charge in [-0.25, -0.2) is 0 Å². The summed E-state index contributed by atoms with van der Waals surface area (Å²) in [6, 6.07) is 0. The Bertz CT molecular complexity index is 273. The molecule has 0 bridgehead atoms. The maximum atomic E-state index is 11.9. The van der Waals surface area contributed by atoms with Crippen LogP contribution in [-0.2, 0) is 4.79 Å². The lowest BCUT2D eigenvalue weighted by Gasteiger charge is -2.27. The van der Waals surface area contributed by atoms with Crippen molar-refractivity contribution in [2.45, 2.75) is 45.6 Å². The normalized spacial score (nSPS) is 22.2. The summed E-state index contributed by atoms with van der Waals surface area (Å²) >= 11 is 4.93. The summed E-state index contributed by atoms with van der Waals surface area (Å²) in [7, 11) is 0. The summed E-state index contributed by atoms with van der Waals surface area (Å²) in [6.07, 6.45) is 2.75. The summed E-state index contributed by atoms with van der Waals surface area (Å²) in [6.45, 7) is 5.77. The van der Waals surface area contributed by atoms with Gasteiger partial charge in [0, 0.05) is 5.54 Å². The predicted molar refractivity (Wildman–Crippen MR) is 61.0 cm³/mol. The van der Waals surface area contributed by atoms with Crippen LogP contribution in [-0.4, -0.2) is 16.4 Å². The van der Waals surface area contributed by atoms with Crippen molar-refractivity contribution in [3.05, 3.63) is 0 Å². The standard InChI is InChI=1S/C10H18N2OS/c1-4-10(3,7(11)14)8(13)12-9(2)5-6-9/h4-6H2,1-3H3,(H2,11,14)(H,12,13). The van der Waals surface area contributed by atoms with Gasteiger partial charge < -0.3 is 11.1 Å². The van der Waals surface area contributed by atoms with Crippen LogP contribution in [0.25, 0.3) is 0 Å². The fourth-order valence-corrected chi connectivity index (χ4v) is 1.41. The lowest BCUT2D eigenvalue weighted by atomic mass is 9.86. The van der Waals surface area contributed by atoms with Crippen molar-refractivity contribution in [2.24, 2.45) is 11.1 Å². The molecular formula is C10H18N2OS. The van der Waals surface area contributed by atoms with Crippen LogP contribution < -0.4 is 11.1 Å². The van der Waals surface area contributed by atoms with E-state index in [2.05, 4.69) is 5.32 Å². The number of thiocarbonyl (C=S) groups is 1. The van der Waals surface area contributed by atoms with Gasteiger partial charge in [-0.05, 0) is 33.1 Å². The van der Waals surface area contributed by atoms with Crippen molar-refractivity contribution >= 4 is 23.1 Å². The molecule has 1 rings (SSSR count). The maximum Gasteiger partial charge on any atom is 0.233 e. The van der Waals surface area contributed by atoms with Gasteiger partial charge in [0.1, 0.15) is 0 Å². The van der Waals surface area contributed by atoms with Crippen molar-refractivity contribution < 1.29 is 4.79 Å². The topological polar surface area (TPSA) is 55.1 Å². The van der Waals surface area contributed by atoms with E-state index in [0.29, 0.717) is 6.42 Å². The third-order valence-electron chi connectivity index (χ3n) is 3.17. The lowest BCUT2D eigenvalue weighted by Crippen LogP contribution is -2.49. The molecule has 4 heteroatoms. The zero-order chi connectivity index (χ0) is 11.0. The first kappa shape index (κ1) is 11.4. The van der Waals surface area contributed by atoms with Crippen molar-refractivity contribution in [1.29, 1.82) is 0 Å². The predicted octanol–water partition coefficient (Wildman–Crippen LogP) is 1.36. The molecule has 1 amide bonds. The van der Waals surface area contributed by atoms with Crippen LogP contribution in [0.15, 0.2) is 0 Å². The lowest BCUT2D eigenvalue weighted by molar-refractivity contribution is -0.127. The Hall–Kier alpha value is -0.640. The van der Waals surface area contributed by atoms with E-state index in [9.17, 15) is 4.79 Å². The third kappa shape index (κ3) is 2.05. The van der Waals surface area contributed by atoms with Crippen LogP contribution in [0.2, 0.25) is 0 Å². The van der Waals surface area contributed by atoms with Gasteiger partial charge in [-0.2, -0.15) is 0 Å². The van der Waals surface area contributed by atoms with Gasteiger partial charge in [-0.1, -0.05) is 19.1 Å². The van der Waals surface area contributed by atoms with Crippen molar-refractivity contribution in [3.8, 4) is 0 Å². The number of amides is 1. The van der Waals surface area contributed by atoms with Crippen molar-refractivity contribution in [2.75, 3.05) is 0 Å². The summed E-state index contributed by atoms with van der Waals surface area (Å²) in [4.78, 5) is 12.2. The van der Waals surface area contributed by atoms with Gasteiger partial charge in [0.25, 0.3) is 0 Å². The van der Waals surface area contributed by atoms with Crippen LogP contribution in [0.3, 0.4) is 0 Å². The first-order chi connectivity index (χ1) is 6.34. The van der Waals surface area contributed by atoms with Gasteiger partial charge >= 0.3 is 0 Å². The average Bonchev–Trinajstić information content (AvgIpc) is 2.81. The number of hydrogen-bond acceptors (Lipinski definition) is 2. The molecule has 0 aromatic rings. The second-order valence-electron chi connectivity index (χ2n) is 4.56. The Balaban J connectivity index is 2.69. The molecule has 0 aromatic heterocycles. The average molecular weight is 214 g/mol. The minimum Gasteiger partial charge on any atom is -0.392 e. The zero-order valence-corrected chi connectivity index (χ0v) is 9.83. The van der Waals surface area contributed by atoms with Gasteiger partial charge in [0.2, 0.25) is 5.91 Å². The summed E-state index contributed by atoms with van der Waals surface area (Å²) in [5.41, 5.74) is 4.90. The highest BCUT2D eigenvalue weighted by molar-refractivity contribution is 7.80. The van der Waals surface area contributed by atoms with Gasteiger partial charge in [0.05, 0.1) is 10.4 Å². The molecule has 3 N–H and O–H groups in total. The summed E-state index contributed by atoms with van der Waals surface area (Å²) in [5.74, 6) is -0.0347. The Morgan fingerprint density at radius 2 is 2.14 bits per heavy atom. The molecule has 1 unspecified atom stereocenters. The highest BCUT2D eigenvalue weighted by atomic mass is 32.1. The van der Waals surface area contributed by atoms with Crippen LogP contribution >= 0.6 is 12.2 Å². The Labute approximate surface area is 90.4 Å². The molecule has 0 heterocycles. The molecule has 1 aliphatic rings. The van der Waals surface area contributed by atoms with Crippen LogP contribution in [0.4, 0.5) is 0 Å². The molecule has 1 aliphatic carbocycles. The highest BCUT2D eigenvalue weighted by Gasteiger charge is 2.43. The number of carbonyl (C=O) groups excluding carboxylic acids is 1. The summed E-state index contributed by atoms with van der Waals surface area (Å²) in [5, 5.41) is 3.00. The van der Waals surface area contributed by atoms with E-state index < -0.39 is 5.41 Å². The summed E-state index contributed by atoms with van der Waals surface area (Å²) < 4.78 is 0. The molecule has 1 fully saturated rings. The van der Waals surface area contributed by atoms with Crippen LogP contribution in [0, 0.1) is 5.41 Å². The minimum atomic E-state index is -0.694. The smallest absolute Gasteiger partial charge is 0.233 e. The molecule has 0 aromatic carbocycles. The monoisotopic (exact) mass is 214 g/mol. The first-order valence-electron chi connectivity index (χ1n) is 4.96. The quantitative estimate of drug-likeness (QED) is 0.695. The first-order valence-corrected chi connectivity index (χ1v) is 5.37. The van der Waals surface area contributed by atoms with E-state index in [1.54, 1.807) is 6.92 Å². The highest BCUT2D eigenvalue weighted by Crippen LogP contribution is 2.36. The second-order valence-corrected chi connectivity index (χ2v) is 5.00. The second kappa shape index (κ2) is 3.50. The minimum absolute atomic E-state index is 0.00169. The van der Waals surface area contributed by atoms with E-state index in [1.807, 2.05) is 13.8 Å². The number of rotatable bonds is 4. The third-order valence-corrected chi connectivity index (χ3v) is 3.62. The van der Waals surface area contributed by atoms with Crippen molar-refractivity contribution in [1.82, 2.24) is 5.32 Å². The van der Waals surface area contributed by atoms with Crippen molar-refractivity contribution in [3.63, 3.8) is 0 Å². The van der Waals surface area contributed by atoms with E-state index in [-0.39, 0.29) is 16.4 Å². The molecule has 1 saturated carbocycles. The molecule has 3 nitrogen and oxygen atoms in total. The largest absolute Gasteiger partial charge is 0.392 e. The molecule has 0 spiro atoms. The Morgan fingerprint density at radius 1 is 1.64 bits per heavy atom. The van der Waals surface area contributed by atoms with E-state index in [4.69, 9.17) is 18.0 Å². The van der Waals surface area contributed by atoms with Gasteiger partial charge in [-0.3, -0.25) is 4.79 Å². The fourth-order valence-electron chi connectivity index (χ4n) is 1.17. The number of hydrogen-bond donors (Lipinski definition) is 2. The Kier molecular flexibility index (Phi) is 2.86. The van der Waals surface area contributed by atoms with E-state index >= 15 is 0 Å². The molecule has 14 heavy (non-hydrogen) atoms. The maximum absolute atomic E-state index is 11.9. The van der Waals surface area contributed by atoms with E-state index in [1.165, 1.54) is 0 Å². The molecule has 0 saturated heterocycles. The van der Waals surface area contributed by atoms with Crippen LogP contribution in [0.5, 0.6) is 0 Å². The number of nitrogens with two attached hydrogens (primary N) is 1. The molecule has 80 valence electrons. The molecule has 0 aliphatic heterocycles.